The molecule has 1 heterocycles. The first-order valence-corrected chi connectivity index (χ1v) is 10.8. The molecule has 0 spiro atoms. The van der Waals surface area contributed by atoms with Crippen LogP contribution in [0.15, 0.2) is 54.6 Å². The molecular formula is C25H32N2O3. The summed E-state index contributed by atoms with van der Waals surface area (Å²) in [5.74, 6) is 0.846. The van der Waals surface area contributed by atoms with Gasteiger partial charge in [0.05, 0.1) is 12.7 Å². The normalized spacial score (nSPS) is 29.1. The van der Waals surface area contributed by atoms with E-state index in [9.17, 15) is 9.90 Å². The number of carbonyl (C=O) groups is 1. The molecule has 2 aliphatic rings. The second kappa shape index (κ2) is 8.05. The third-order valence-electron chi connectivity index (χ3n) is 7.33. The number of likely N-dealkylation sites (N-methyl/N-ethyl adjacent to an activating group) is 1. The Labute approximate surface area is 179 Å². The zero-order valence-electron chi connectivity index (χ0n) is 18.2. The van der Waals surface area contributed by atoms with Crippen molar-refractivity contribution in [2.45, 2.75) is 42.7 Å². The van der Waals surface area contributed by atoms with Gasteiger partial charge in [-0.2, -0.15) is 0 Å². The highest BCUT2D eigenvalue weighted by atomic mass is 16.5. The van der Waals surface area contributed by atoms with Crippen LogP contribution < -0.4 is 4.74 Å². The Morgan fingerprint density at radius 3 is 2.67 bits per heavy atom. The first-order valence-electron chi connectivity index (χ1n) is 10.8. The number of hydrogen-bond acceptors (Lipinski definition) is 4. The molecule has 1 aliphatic heterocycles. The maximum atomic E-state index is 13.1. The maximum Gasteiger partial charge on any atom is 0.253 e. The average molecular weight is 409 g/mol. The summed E-state index contributed by atoms with van der Waals surface area (Å²) in [4.78, 5) is 17.2. The quantitative estimate of drug-likeness (QED) is 0.843. The lowest BCUT2D eigenvalue weighted by Crippen LogP contribution is -2.66. The molecule has 0 aromatic heterocycles. The minimum absolute atomic E-state index is 0.0414. The molecule has 160 valence electrons. The molecule has 5 heteroatoms. The first kappa shape index (κ1) is 20.9. The average Bonchev–Trinajstić information content (AvgIpc) is 2.78. The van der Waals surface area contributed by atoms with Crippen LogP contribution in [0.4, 0.5) is 0 Å². The van der Waals surface area contributed by atoms with Crippen molar-refractivity contribution in [1.82, 2.24) is 9.80 Å². The highest BCUT2D eigenvalue weighted by Gasteiger charge is 2.57. The third kappa shape index (κ3) is 3.50. The highest BCUT2D eigenvalue weighted by Crippen LogP contribution is 2.52. The number of hydrogen-bond donors (Lipinski definition) is 1. The molecule has 0 bridgehead atoms. The monoisotopic (exact) mass is 408 g/mol. The van der Waals surface area contributed by atoms with Crippen molar-refractivity contribution in [2.75, 3.05) is 34.3 Å². The molecule has 2 unspecified atom stereocenters. The molecule has 5 nitrogen and oxygen atoms in total. The fourth-order valence-corrected chi connectivity index (χ4v) is 5.54. The molecule has 1 N–H and O–H groups in total. The van der Waals surface area contributed by atoms with E-state index in [1.807, 2.05) is 54.4 Å². The van der Waals surface area contributed by atoms with E-state index in [1.54, 1.807) is 7.11 Å². The van der Waals surface area contributed by atoms with Gasteiger partial charge in [-0.25, -0.2) is 0 Å². The van der Waals surface area contributed by atoms with Crippen molar-refractivity contribution in [3.05, 3.63) is 65.7 Å². The summed E-state index contributed by atoms with van der Waals surface area (Å²) in [6.07, 6.45) is 3.08. The molecule has 30 heavy (non-hydrogen) atoms. The number of piperidine rings is 1. The standard InChI is InChI=1S/C25H32N2O3/c1-26-15-14-24(20-10-7-11-22(16-20)30-3)17-21(12-13-25(24,29)18-26)27(2)23(28)19-8-5-4-6-9-19/h4-11,16,21,29H,12-15,17-18H2,1-3H3/t21-,24?,25?/m1/s1. The van der Waals surface area contributed by atoms with E-state index >= 15 is 0 Å². The van der Waals surface area contributed by atoms with E-state index < -0.39 is 11.0 Å². The first-order chi connectivity index (χ1) is 14.4. The van der Waals surface area contributed by atoms with Gasteiger partial charge in [0, 0.05) is 30.6 Å². The molecule has 1 saturated heterocycles. The van der Waals surface area contributed by atoms with Gasteiger partial charge in [0.2, 0.25) is 0 Å². The number of aliphatic hydroxyl groups is 1. The summed E-state index contributed by atoms with van der Waals surface area (Å²) >= 11 is 0. The Balaban J connectivity index is 1.69. The SMILES string of the molecule is COc1cccc(C23CCN(C)CC2(O)CC[C@@H](N(C)C(=O)c2ccccc2)C3)c1. The Bertz CT molecular complexity index is 902. The number of benzene rings is 2. The molecule has 3 atom stereocenters. The van der Waals surface area contributed by atoms with E-state index in [0.29, 0.717) is 18.5 Å². The molecule has 1 saturated carbocycles. The van der Waals surface area contributed by atoms with Crippen LogP contribution in [0.25, 0.3) is 0 Å². The van der Waals surface area contributed by atoms with Gasteiger partial charge in [-0.1, -0.05) is 30.3 Å². The predicted octanol–water partition coefficient (Wildman–Crippen LogP) is 3.32. The molecule has 2 aromatic carbocycles. The zero-order valence-corrected chi connectivity index (χ0v) is 18.2. The van der Waals surface area contributed by atoms with Gasteiger partial charge in [0.25, 0.3) is 5.91 Å². The number of carbonyl (C=O) groups excluding carboxylic acids is 1. The van der Waals surface area contributed by atoms with Crippen LogP contribution in [0.5, 0.6) is 5.75 Å². The van der Waals surface area contributed by atoms with Gasteiger partial charge in [-0.15, -0.1) is 0 Å². The fraction of sp³-hybridized carbons (Fsp3) is 0.480. The third-order valence-corrected chi connectivity index (χ3v) is 7.33. The summed E-state index contributed by atoms with van der Waals surface area (Å²) in [6.45, 7) is 1.57. The molecule has 1 amide bonds. The Kier molecular flexibility index (Phi) is 5.60. The highest BCUT2D eigenvalue weighted by molar-refractivity contribution is 5.94. The Morgan fingerprint density at radius 1 is 1.17 bits per heavy atom. The van der Waals surface area contributed by atoms with Crippen molar-refractivity contribution in [3.63, 3.8) is 0 Å². The van der Waals surface area contributed by atoms with Crippen LogP contribution in [0.3, 0.4) is 0 Å². The van der Waals surface area contributed by atoms with Crippen LogP contribution in [0.2, 0.25) is 0 Å². The van der Waals surface area contributed by atoms with Gasteiger partial charge in [0.1, 0.15) is 5.75 Å². The van der Waals surface area contributed by atoms with Gasteiger partial charge >= 0.3 is 0 Å². The molecule has 2 fully saturated rings. The van der Waals surface area contributed by atoms with Crippen molar-refractivity contribution in [2.24, 2.45) is 0 Å². The van der Waals surface area contributed by atoms with Gasteiger partial charge in [0.15, 0.2) is 0 Å². The van der Waals surface area contributed by atoms with Crippen LogP contribution in [-0.4, -0.2) is 66.8 Å². The van der Waals surface area contributed by atoms with Crippen LogP contribution >= 0.6 is 0 Å². The summed E-state index contributed by atoms with van der Waals surface area (Å²) in [7, 11) is 5.65. The van der Waals surface area contributed by atoms with Crippen LogP contribution in [0, 0.1) is 0 Å². The largest absolute Gasteiger partial charge is 0.497 e. The molecule has 0 radical (unpaired) electrons. The van der Waals surface area contributed by atoms with Crippen molar-refractivity contribution < 1.29 is 14.6 Å². The lowest BCUT2D eigenvalue weighted by atomic mass is 9.55. The number of ether oxygens (including phenoxy) is 1. The zero-order chi connectivity index (χ0) is 21.4. The second-order valence-electron chi connectivity index (χ2n) is 9.01. The second-order valence-corrected chi connectivity index (χ2v) is 9.01. The molecular weight excluding hydrogens is 376 g/mol. The van der Waals surface area contributed by atoms with E-state index in [4.69, 9.17) is 4.74 Å². The number of β-amino-alcohol motifs (C(OH)–C–C–N with tert-alkyl or cyclic N) is 1. The number of amides is 1. The fourth-order valence-electron chi connectivity index (χ4n) is 5.54. The maximum absolute atomic E-state index is 13.1. The van der Waals surface area contributed by atoms with Crippen LogP contribution in [-0.2, 0) is 5.41 Å². The van der Waals surface area contributed by atoms with Crippen molar-refractivity contribution >= 4 is 5.91 Å². The number of fused-ring (bicyclic) bond motifs is 1. The van der Waals surface area contributed by atoms with E-state index in [0.717, 1.165) is 37.1 Å². The van der Waals surface area contributed by atoms with Crippen molar-refractivity contribution in [1.29, 1.82) is 0 Å². The summed E-state index contributed by atoms with van der Waals surface area (Å²) in [5.41, 5.74) is 0.601. The Hall–Kier alpha value is -2.37. The number of methoxy groups -OCH3 is 1. The topological polar surface area (TPSA) is 53.0 Å². The molecule has 2 aromatic rings. The lowest BCUT2D eigenvalue weighted by Gasteiger charge is -2.58. The minimum atomic E-state index is -0.820. The smallest absolute Gasteiger partial charge is 0.253 e. The summed E-state index contributed by atoms with van der Waals surface area (Å²) < 4.78 is 5.49. The molecule has 4 rings (SSSR count). The number of likely N-dealkylation sites (tertiary alicyclic amines) is 1. The summed E-state index contributed by atoms with van der Waals surface area (Å²) in [6, 6.07) is 17.7. The summed E-state index contributed by atoms with van der Waals surface area (Å²) in [5, 5.41) is 11.9. The van der Waals surface area contributed by atoms with Gasteiger partial charge < -0.3 is 19.6 Å². The van der Waals surface area contributed by atoms with E-state index in [2.05, 4.69) is 24.1 Å². The predicted molar refractivity (Wildman–Crippen MR) is 118 cm³/mol. The van der Waals surface area contributed by atoms with Crippen molar-refractivity contribution in [3.8, 4) is 5.75 Å². The number of nitrogens with zero attached hydrogens (tertiary/aromatic N) is 2. The van der Waals surface area contributed by atoms with Gasteiger partial charge in [-0.3, -0.25) is 4.79 Å². The minimum Gasteiger partial charge on any atom is -0.497 e. The van der Waals surface area contributed by atoms with Gasteiger partial charge in [-0.05, 0) is 69.1 Å². The lowest BCUT2D eigenvalue weighted by molar-refractivity contribution is -0.127. The van der Waals surface area contributed by atoms with E-state index in [-0.39, 0.29) is 11.9 Å². The Morgan fingerprint density at radius 2 is 1.93 bits per heavy atom. The van der Waals surface area contributed by atoms with E-state index in [1.165, 1.54) is 0 Å². The number of rotatable bonds is 4. The van der Waals surface area contributed by atoms with Crippen LogP contribution in [0.1, 0.15) is 41.6 Å². The molecule has 1 aliphatic carbocycles.